The lowest BCUT2D eigenvalue weighted by Gasteiger charge is -2.35. The number of benzene rings is 1. The first kappa shape index (κ1) is 16.3. The van der Waals surface area contributed by atoms with Crippen LogP contribution in [0.1, 0.15) is 51.1 Å². The molecule has 1 aliphatic rings. The number of hydrogen-bond acceptors (Lipinski definition) is 3. The first-order valence-electron chi connectivity index (χ1n) is 8.40. The summed E-state index contributed by atoms with van der Waals surface area (Å²) in [6, 6.07) is 9.91. The Balaban J connectivity index is 2.18. The maximum atomic E-state index is 5.50. The van der Waals surface area contributed by atoms with Crippen molar-refractivity contribution in [3.63, 3.8) is 0 Å². The van der Waals surface area contributed by atoms with Crippen molar-refractivity contribution in [2.45, 2.75) is 51.6 Å². The third kappa shape index (κ3) is 4.21. The van der Waals surface area contributed by atoms with Crippen LogP contribution >= 0.6 is 0 Å². The number of ether oxygens (including phenoxy) is 1. The van der Waals surface area contributed by atoms with Crippen LogP contribution < -0.4 is 10.2 Å². The molecule has 0 aromatic heterocycles. The van der Waals surface area contributed by atoms with Crippen molar-refractivity contribution < 1.29 is 4.74 Å². The maximum Gasteiger partial charge on any atom is 0.0485 e. The topological polar surface area (TPSA) is 24.5 Å². The average Bonchev–Trinajstić information content (AvgIpc) is 2.56. The zero-order valence-electron chi connectivity index (χ0n) is 13.8. The number of nitrogens with zero attached hydrogens (tertiary/aromatic N) is 1. The Morgan fingerprint density at radius 2 is 1.95 bits per heavy atom. The summed E-state index contributed by atoms with van der Waals surface area (Å²) in [4.78, 5) is 2.47. The second kappa shape index (κ2) is 8.40. The zero-order chi connectivity index (χ0) is 15.1. The molecule has 3 heteroatoms. The molecular formula is C18H30N2O. The summed E-state index contributed by atoms with van der Waals surface area (Å²) in [6.07, 6.45) is 4.56. The summed E-state index contributed by atoms with van der Waals surface area (Å²) in [5.41, 5.74) is 2.81. The number of anilines is 1. The first-order chi connectivity index (χ1) is 10.3. The molecule has 1 aromatic rings. The lowest BCUT2D eigenvalue weighted by molar-refractivity contribution is 0.0854. The molecule has 1 saturated heterocycles. The standard InChI is InChI=1S/C18H30N2O/c1-4-12-19-17(5-2)16-8-6-7-9-18(16)20(3)15-10-13-21-14-11-15/h6-9,15,17,19H,4-5,10-14H2,1-3H3. The van der Waals surface area contributed by atoms with Gasteiger partial charge in [-0.2, -0.15) is 0 Å². The molecule has 118 valence electrons. The molecule has 0 amide bonds. The minimum atomic E-state index is 0.448. The van der Waals surface area contributed by atoms with Crippen LogP contribution in [0.25, 0.3) is 0 Å². The van der Waals surface area contributed by atoms with Crippen molar-refractivity contribution in [3.8, 4) is 0 Å². The molecule has 1 aromatic carbocycles. The Labute approximate surface area is 129 Å². The molecule has 1 fully saturated rings. The highest BCUT2D eigenvalue weighted by atomic mass is 16.5. The van der Waals surface area contributed by atoms with Gasteiger partial charge in [0.1, 0.15) is 0 Å². The van der Waals surface area contributed by atoms with Crippen LogP contribution in [-0.4, -0.2) is 32.8 Å². The number of para-hydroxylation sites is 1. The van der Waals surface area contributed by atoms with Gasteiger partial charge in [0.05, 0.1) is 0 Å². The molecule has 21 heavy (non-hydrogen) atoms. The zero-order valence-corrected chi connectivity index (χ0v) is 13.8. The van der Waals surface area contributed by atoms with Gasteiger partial charge in [-0.05, 0) is 43.9 Å². The van der Waals surface area contributed by atoms with Crippen LogP contribution in [0, 0.1) is 0 Å². The van der Waals surface area contributed by atoms with Crippen molar-refractivity contribution in [2.75, 3.05) is 31.7 Å². The van der Waals surface area contributed by atoms with Crippen LogP contribution in [0.3, 0.4) is 0 Å². The number of nitrogens with one attached hydrogen (secondary N) is 1. The highest BCUT2D eigenvalue weighted by molar-refractivity contribution is 5.55. The van der Waals surface area contributed by atoms with Crippen LogP contribution in [0.5, 0.6) is 0 Å². The van der Waals surface area contributed by atoms with Crippen LogP contribution in [0.15, 0.2) is 24.3 Å². The molecule has 0 radical (unpaired) electrons. The monoisotopic (exact) mass is 290 g/mol. The molecular weight excluding hydrogens is 260 g/mol. The molecule has 0 spiro atoms. The second-order valence-corrected chi connectivity index (χ2v) is 5.93. The second-order valence-electron chi connectivity index (χ2n) is 5.93. The SMILES string of the molecule is CCCNC(CC)c1ccccc1N(C)C1CCOCC1. The van der Waals surface area contributed by atoms with Crippen LogP contribution in [0.2, 0.25) is 0 Å². The van der Waals surface area contributed by atoms with Crippen molar-refractivity contribution in [1.82, 2.24) is 5.32 Å². The van der Waals surface area contributed by atoms with E-state index in [4.69, 9.17) is 4.74 Å². The van der Waals surface area contributed by atoms with Gasteiger partial charge in [0, 0.05) is 38.0 Å². The predicted molar refractivity (Wildman–Crippen MR) is 90.0 cm³/mol. The van der Waals surface area contributed by atoms with Crippen molar-refractivity contribution in [2.24, 2.45) is 0 Å². The highest BCUT2D eigenvalue weighted by Crippen LogP contribution is 2.30. The molecule has 0 bridgehead atoms. The molecule has 1 heterocycles. The third-order valence-electron chi connectivity index (χ3n) is 4.48. The molecule has 3 nitrogen and oxygen atoms in total. The van der Waals surface area contributed by atoms with Crippen LogP contribution in [0.4, 0.5) is 5.69 Å². The Morgan fingerprint density at radius 1 is 1.24 bits per heavy atom. The van der Waals surface area contributed by atoms with E-state index >= 15 is 0 Å². The summed E-state index contributed by atoms with van der Waals surface area (Å²) in [5.74, 6) is 0. The van der Waals surface area contributed by atoms with Gasteiger partial charge in [0.15, 0.2) is 0 Å². The molecule has 0 aliphatic carbocycles. The Morgan fingerprint density at radius 3 is 2.62 bits per heavy atom. The lowest BCUT2D eigenvalue weighted by Crippen LogP contribution is -2.37. The first-order valence-corrected chi connectivity index (χ1v) is 8.40. The largest absolute Gasteiger partial charge is 0.381 e. The summed E-state index contributed by atoms with van der Waals surface area (Å²) >= 11 is 0. The lowest BCUT2D eigenvalue weighted by atomic mass is 9.99. The predicted octanol–water partition coefficient (Wildman–Crippen LogP) is 3.75. The summed E-state index contributed by atoms with van der Waals surface area (Å²) in [6.45, 7) is 7.34. The molecule has 0 saturated carbocycles. The van der Waals surface area contributed by atoms with E-state index in [2.05, 4.69) is 55.4 Å². The van der Waals surface area contributed by atoms with Gasteiger partial charge < -0.3 is 15.0 Å². The quantitative estimate of drug-likeness (QED) is 0.827. The molecule has 1 unspecified atom stereocenters. The summed E-state index contributed by atoms with van der Waals surface area (Å²) in [7, 11) is 2.24. The molecule has 1 atom stereocenters. The smallest absolute Gasteiger partial charge is 0.0485 e. The highest BCUT2D eigenvalue weighted by Gasteiger charge is 2.22. The van der Waals surface area contributed by atoms with Gasteiger partial charge in [-0.25, -0.2) is 0 Å². The number of hydrogen-bond donors (Lipinski definition) is 1. The normalized spacial score (nSPS) is 17.7. The van der Waals surface area contributed by atoms with Gasteiger partial charge in [-0.15, -0.1) is 0 Å². The Bertz CT molecular complexity index is 415. The van der Waals surface area contributed by atoms with Crippen LogP contribution in [-0.2, 0) is 4.74 Å². The van der Waals surface area contributed by atoms with E-state index in [9.17, 15) is 0 Å². The fourth-order valence-corrected chi connectivity index (χ4v) is 3.17. The van der Waals surface area contributed by atoms with E-state index in [1.54, 1.807) is 0 Å². The molecule has 1 aliphatic heterocycles. The van der Waals surface area contributed by atoms with E-state index in [1.165, 1.54) is 17.7 Å². The van der Waals surface area contributed by atoms with Crippen molar-refractivity contribution in [1.29, 1.82) is 0 Å². The van der Waals surface area contributed by atoms with E-state index < -0.39 is 0 Å². The molecule has 2 rings (SSSR count). The maximum absolute atomic E-state index is 5.50. The Hall–Kier alpha value is -1.06. The average molecular weight is 290 g/mol. The van der Waals surface area contributed by atoms with Crippen molar-refractivity contribution in [3.05, 3.63) is 29.8 Å². The van der Waals surface area contributed by atoms with Crippen molar-refractivity contribution >= 4 is 5.69 Å². The minimum Gasteiger partial charge on any atom is -0.381 e. The fraction of sp³-hybridized carbons (Fsp3) is 0.667. The molecule has 1 N–H and O–H groups in total. The van der Waals surface area contributed by atoms with Gasteiger partial charge in [-0.3, -0.25) is 0 Å². The Kier molecular flexibility index (Phi) is 6.52. The minimum absolute atomic E-state index is 0.448. The van der Waals surface area contributed by atoms with E-state index in [1.807, 2.05) is 0 Å². The summed E-state index contributed by atoms with van der Waals surface area (Å²) < 4.78 is 5.50. The summed E-state index contributed by atoms with van der Waals surface area (Å²) in [5, 5.41) is 3.68. The fourth-order valence-electron chi connectivity index (χ4n) is 3.17. The van der Waals surface area contributed by atoms with E-state index in [0.29, 0.717) is 12.1 Å². The van der Waals surface area contributed by atoms with E-state index in [-0.39, 0.29) is 0 Å². The van der Waals surface area contributed by atoms with Gasteiger partial charge in [0.2, 0.25) is 0 Å². The number of rotatable bonds is 7. The third-order valence-corrected chi connectivity index (χ3v) is 4.48. The van der Waals surface area contributed by atoms with Gasteiger partial charge in [0.25, 0.3) is 0 Å². The van der Waals surface area contributed by atoms with Gasteiger partial charge >= 0.3 is 0 Å². The van der Waals surface area contributed by atoms with Gasteiger partial charge in [-0.1, -0.05) is 32.0 Å². The van der Waals surface area contributed by atoms with E-state index in [0.717, 1.165) is 39.0 Å².